The molecule has 3 rings (SSSR count). The smallest absolute Gasteiger partial charge is 0.0250 e. The maximum absolute atomic E-state index is 3.64. The first-order valence-electron chi connectivity index (χ1n) is 5.88. The highest BCUT2D eigenvalue weighted by atomic mass is 79.9. The van der Waals surface area contributed by atoms with Gasteiger partial charge in [-0.05, 0) is 47.2 Å². The average Bonchev–Trinajstić information content (AvgIpc) is 2.40. The number of fused-ring (bicyclic) bond motifs is 1. The Morgan fingerprint density at radius 2 is 1.65 bits per heavy atom. The average molecular weight is 285 g/mol. The zero-order valence-electron chi connectivity index (χ0n) is 9.49. The topological polar surface area (TPSA) is 0 Å². The third-order valence-electron chi connectivity index (χ3n) is 3.27. The van der Waals surface area contributed by atoms with Crippen LogP contribution in [0.5, 0.6) is 0 Å². The van der Waals surface area contributed by atoms with Crippen LogP contribution in [-0.4, -0.2) is 0 Å². The second-order valence-corrected chi connectivity index (χ2v) is 5.20. The number of hydrogen-bond donors (Lipinski definition) is 0. The standard InChI is InChI=1S/C16H13Br/c17-16-8-4-7-13-9-10-14(11-15(13)16)12-5-2-1-3-6-12/h1-8,11H,9-10H2. The molecule has 2 aromatic carbocycles. The Morgan fingerprint density at radius 1 is 0.824 bits per heavy atom. The first-order valence-corrected chi connectivity index (χ1v) is 6.67. The molecule has 0 saturated heterocycles. The predicted molar refractivity (Wildman–Crippen MR) is 76.8 cm³/mol. The minimum atomic E-state index is 1.13. The zero-order valence-corrected chi connectivity index (χ0v) is 11.1. The van der Waals surface area contributed by atoms with Crippen molar-refractivity contribution in [2.24, 2.45) is 0 Å². The fraction of sp³-hybridized carbons (Fsp3) is 0.125. The van der Waals surface area contributed by atoms with E-state index >= 15 is 0 Å². The maximum atomic E-state index is 3.64. The summed E-state index contributed by atoms with van der Waals surface area (Å²) >= 11 is 3.64. The fourth-order valence-electron chi connectivity index (χ4n) is 2.36. The van der Waals surface area contributed by atoms with Crippen molar-refractivity contribution in [1.29, 1.82) is 0 Å². The highest BCUT2D eigenvalue weighted by Gasteiger charge is 2.13. The zero-order chi connectivity index (χ0) is 11.7. The molecule has 0 aliphatic heterocycles. The van der Waals surface area contributed by atoms with Crippen LogP contribution in [0.2, 0.25) is 0 Å². The Balaban J connectivity index is 2.09. The van der Waals surface area contributed by atoms with Crippen LogP contribution >= 0.6 is 15.9 Å². The first kappa shape index (κ1) is 10.8. The van der Waals surface area contributed by atoms with Gasteiger partial charge in [-0.25, -0.2) is 0 Å². The van der Waals surface area contributed by atoms with Crippen molar-refractivity contribution in [3.05, 3.63) is 69.7 Å². The van der Waals surface area contributed by atoms with E-state index in [-0.39, 0.29) is 0 Å². The summed E-state index contributed by atoms with van der Waals surface area (Å²) in [4.78, 5) is 0. The summed E-state index contributed by atoms with van der Waals surface area (Å²) in [5.74, 6) is 0. The molecule has 0 radical (unpaired) electrons. The summed E-state index contributed by atoms with van der Waals surface area (Å²) in [6, 6.07) is 17.1. The third kappa shape index (κ3) is 2.07. The Bertz CT molecular complexity index is 567. The van der Waals surface area contributed by atoms with Crippen molar-refractivity contribution in [1.82, 2.24) is 0 Å². The molecule has 84 valence electrons. The highest BCUT2D eigenvalue weighted by molar-refractivity contribution is 9.10. The molecule has 1 heteroatoms. The molecule has 1 aliphatic carbocycles. The predicted octanol–water partition coefficient (Wildman–Crippen LogP) is 4.94. The number of aryl methyl sites for hydroxylation is 1. The van der Waals surface area contributed by atoms with Gasteiger partial charge in [0.05, 0.1) is 0 Å². The van der Waals surface area contributed by atoms with Gasteiger partial charge < -0.3 is 0 Å². The number of benzene rings is 2. The molecule has 0 saturated carbocycles. The second-order valence-electron chi connectivity index (χ2n) is 4.35. The number of halogens is 1. The van der Waals surface area contributed by atoms with E-state index in [2.05, 4.69) is 70.5 Å². The van der Waals surface area contributed by atoms with Crippen molar-refractivity contribution in [3.8, 4) is 0 Å². The SMILES string of the molecule is Brc1cccc2c1C=C(c1ccccc1)CC2. The van der Waals surface area contributed by atoms with Crippen molar-refractivity contribution < 1.29 is 0 Å². The van der Waals surface area contributed by atoms with Gasteiger partial charge in [0.1, 0.15) is 0 Å². The van der Waals surface area contributed by atoms with Crippen LogP contribution in [0.1, 0.15) is 23.1 Å². The number of allylic oxidation sites excluding steroid dienone is 1. The Morgan fingerprint density at radius 3 is 2.47 bits per heavy atom. The molecule has 0 heterocycles. The van der Waals surface area contributed by atoms with E-state index in [4.69, 9.17) is 0 Å². The van der Waals surface area contributed by atoms with Gasteiger partial charge in [0.15, 0.2) is 0 Å². The van der Waals surface area contributed by atoms with Gasteiger partial charge >= 0.3 is 0 Å². The summed E-state index contributed by atoms with van der Waals surface area (Å²) < 4.78 is 1.20. The highest BCUT2D eigenvalue weighted by Crippen LogP contribution is 2.33. The quantitative estimate of drug-likeness (QED) is 0.696. The van der Waals surface area contributed by atoms with Crippen LogP contribution in [0.3, 0.4) is 0 Å². The fourth-order valence-corrected chi connectivity index (χ4v) is 2.88. The van der Waals surface area contributed by atoms with Gasteiger partial charge in [0.25, 0.3) is 0 Å². The maximum Gasteiger partial charge on any atom is 0.0250 e. The lowest BCUT2D eigenvalue weighted by Crippen LogP contribution is -1.99. The Kier molecular flexibility index (Phi) is 2.86. The lowest BCUT2D eigenvalue weighted by molar-refractivity contribution is 0.999. The normalized spacial score (nSPS) is 14.1. The monoisotopic (exact) mass is 284 g/mol. The number of rotatable bonds is 1. The van der Waals surface area contributed by atoms with Gasteiger partial charge in [0, 0.05) is 4.47 Å². The van der Waals surface area contributed by atoms with E-state index < -0.39 is 0 Å². The van der Waals surface area contributed by atoms with Crippen molar-refractivity contribution >= 4 is 27.6 Å². The van der Waals surface area contributed by atoms with Gasteiger partial charge in [-0.1, -0.05) is 58.4 Å². The Hall–Kier alpha value is -1.34. The lowest BCUT2D eigenvalue weighted by Gasteiger charge is -2.17. The molecule has 0 unspecified atom stereocenters. The van der Waals surface area contributed by atoms with Crippen molar-refractivity contribution in [2.45, 2.75) is 12.8 Å². The first-order chi connectivity index (χ1) is 8.34. The van der Waals surface area contributed by atoms with E-state index in [1.165, 1.54) is 26.7 Å². The van der Waals surface area contributed by atoms with Crippen LogP contribution in [0, 0.1) is 0 Å². The van der Waals surface area contributed by atoms with Crippen LogP contribution in [0.4, 0.5) is 0 Å². The second kappa shape index (κ2) is 4.50. The molecular weight excluding hydrogens is 272 g/mol. The molecule has 17 heavy (non-hydrogen) atoms. The molecule has 0 aromatic heterocycles. The van der Waals surface area contributed by atoms with Gasteiger partial charge in [-0.2, -0.15) is 0 Å². The summed E-state index contributed by atoms with van der Waals surface area (Å²) in [5.41, 5.74) is 5.57. The minimum absolute atomic E-state index is 1.13. The van der Waals surface area contributed by atoms with Gasteiger partial charge in [0.2, 0.25) is 0 Å². The van der Waals surface area contributed by atoms with Crippen LogP contribution < -0.4 is 0 Å². The van der Waals surface area contributed by atoms with E-state index in [0.717, 1.165) is 12.8 Å². The van der Waals surface area contributed by atoms with Gasteiger partial charge in [-0.3, -0.25) is 0 Å². The van der Waals surface area contributed by atoms with E-state index in [9.17, 15) is 0 Å². The summed E-state index contributed by atoms with van der Waals surface area (Å²) in [7, 11) is 0. The molecule has 0 N–H and O–H groups in total. The van der Waals surface area contributed by atoms with Gasteiger partial charge in [-0.15, -0.1) is 0 Å². The molecular formula is C16H13Br. The Labute approximate surface area is 110 Å². The third-order valence-corrected chi connectivity index (χ3v) is 3.96. The molecule has 0 fully saturated rings. The summed E-state index contributed by atoms with van der Waals surface area (Å²) in [6.45, 7) is 0. The van der Waals surface area contributed by atoms with Crippen molar-refractivity contribution in [3.63, 3.8) is 0 Å². The van der Waals surface area contributed by atoms with Crippen molar-refractivity contribution in [2.75, 3.05) is 0 Å². The number of hydrogen-bond acceptors (Lipinski definition) is 0. The minimum Gasteiger partial charge on any atom is -0.0622 e. The molecule has 0 spiro atoms. The van der Waals surface area contributed by atoms with Crippen LogP contribution in [-0.2, 0) is 6.42 Å². The molecule has 2 aromatic rings. The van der Waals surface area contributed by atoms with E-state index in [0.29, 0.717) is 0 Å². The summed E-state index contributed by atoms with van der Waals surface area (Å²) in [5, 5.41) is 0. The van der Waals surface area contributed by atoms with E-state index in [1.807, 2.05) is 0 Å². The molecule has 0 amide bonds. The molecule has 0 bridgehead atoms. The van der Waals surface area contributed by atoms with Crippen LogP contribution in [0.25, 0.3) is 11.6 Å². The molecule has 1 aliphatic rings. The molecule has 0 nitrogen and oxygen atoms in total. The largest absolute Gasteiger partial charge is 0.0622 e. The van der Waals surface area contributed by atoms with E-state index in [1.54, 1.807) is 0 Å². The molecule has 0 atom stereocenters. The summed E-state index contributed by atoms with van der Waals surface area (Å²) in [6.07, 6.45) is 4.58. The lowest BCUT2D eigenvalue weighted by atomic mass is 9.89. The van der Waals surface area contributed by atoms with Crippen LogP contribution in [0.15, 0.2) is 53.0 Å².